The van der Waals surface area contributed by atoms with Crippen molar-refractivity contribution in [3.63, 3.8) is 0 Å². The van der Waals surface area contributed by atoms with E-state index in [0.717, 1.165) is 21.6 Å². The molecule has 0 aliphatic rings. The molecule has 0 atom stereocenters. The summed E-state index contributed by atoms with van der Waals surface area (Å²) in [6.45, 7) is 0. The van der Waals surface area contributed by atoms with E-state index in [2.05, 4.69) is 5.10 Å². The Hall–Kier alpha value is -2.08. The van der Waals surface area contributed by atoms with Gasteiger partial charge in [0.1, 0.15) is 5.82 Å². The highest BCUT2D eigenvalue weighted by Crippen LogP contribution is 2.29. The minimum absolute atomic E-state index is 0.309. The van der Waals surface area contributed by atoms with Gasteiger partial charge in [0, 0.05) is 18.7 Å². The number of rotatable bonds is 1. The topological polar surface area (TPSA) is 74.0 Å². The van der Waals surface area contributed by atoms with Gasteiger partial charge in [-0.2, -0.15) is 5.10 Å². The van der Waals surface area contributed by atoms with Gasteiger partial charge in [0.05, 0.1) is 10.4 Å². The van der Waals surface area contributed by atoms with Crippen molar-refractivity contribution in [2.75, 3.05) is 5.73 Å². The average Bonchev–Trinajstić information content (AvgIpc) is 2.81. The normalized spacial score (nSPS) is 11.1. The summed E-state index contributed by atoms with van der Waals surface area (Å²) in [5.74, 6) is 0.564. The summed E-state index contributed by atoms with van der Waals surface area (Å²) in [4.78, 5) is 10.9. The van der Waals surface area contributed by atoms with E-state index >= 15 is 0 Å². The Kier molecular flexibility index (Phi) is 2.05. The molecule has 0 radical (unpaired) electrons. The van der Waals surface area contributed by atoms with Crippen molar-refractivity contribution in [1.29, 1.82) is 0 Å². The molecule has 2 N–H and O–H groups in total. The van der Waals surface area contributed by atoms with Crippen molar-refractivity contribution in [3.8, 4) is 11.3 Å². The van der Waals surface area contributed by atoms with Crippen molar-refractivity contribution in [2.45, 2.75) is 0 Å². The van der Waals surface area contributed by atoms with Crippen molar-refractivity contribution in [2.24, 2.45) is 7.05 Å². The van der Waals surface area contributed by atoms with Gasteiger partial charge in [-0.25, -0.2) is 4.79 Å². The molecule has 0 fully saturated rings. The molecule has 3 rings (SSSR count). The molecule has 2 heterocycles. The average molecular weight is 247 g/mol. The molecule has 0 unspecified atom stereocenters. The number of anilines is 1. The Balaban J connectivity index is 2.33. The third-order valence-corrected chi connectivity index (χ3v) is 3.34. The molecule has 3 aromatic rings. The zero-order valence-corrected chi connectivity index (χ0v) is 9.82. The minimum atomic E-state index is -0.309. The molecule has 0 spiro atoms. The second-order valence-corrected chi connectivity index (χ2v) is 4.64. The van der Waals surface area contributed by atoms with Gasteiger partial charge in [-0.1, -0.05) is 17.4 Å². The van der Waals surface area contributed by atoms with E-state index < -0.39 is 0 Å². The summed E-state index contributed by atoms with van der Waals surface area (Å²) in [5, 5.41) is 4.27. The van der Waals surface area contributed by atoms with Crippen LogP contribution in [-0.4, -0.2) is 9.78 Å². The zero-order chi connectivity index (χ0) is 12.0. The van der Waals surface area contributed by atoms with E-state index in [1.165, 1.54) is 0 Å². The molecule has 0 aliphatic carbocycles. The van der Waals surface area contributed by atoms with E-state index in [4.69, 9.17) is 10.2 Å². The number of fused-ring (bicyclic) bond motifs is 1. The number of hydrogen-bond donors (Lipinski definition) is 1. The zero-order valence-electron chi connectivity index (χ0n) is 9.01. The highest BCUT2D eigenvalue weighted by molar-refractivity contribution is 7.16. The van der Waals surface area contributed by atoms with Gasteiger partial charge >= 0.3 is 4.94 Å². The van der Waals surface area contributed by atoms with Gasteiger partial charge in [0.15, 0.2) is 5.58 Å². The maximum atomic E-state index is 11.2. The van der Waals surface area contributed by atoms with Crippen molar-refractivity contribution < 1.29 is 4.42 Å². The lowest BCUT2D eigenvalue weighted by atomic mass is 10.1. The third kappa shape index (κ3) is 1.53. The molecular weight excluding hydrogens is 238 g/mol. The van der Waals surface area contributed by atoms with Crippen LogP contribution in [0.25, 0.3) is 21.5 Å². The van der Waals surface area contributed by atoms with Crippen LogP contribution in [0.5, 0.6) is 0 Å². The van der Waals surface area contributed by atoms with Gasteiger partial charge in [-0.05, 0) is 12.1 Å². The lowest BCUT2D eigenvalue weighted by Gasteiger charge is -1.96. The van der Waals surface area contributed by atoms with Crippen LogP contribution in [0, 0.1) is 0 Å². The Labute approximate surface area is 100 Å². The number of nitrogens with zero attached hydrogens (tertiary/aromatic N) is 2. The van der Waals surface area contributed by atoms with Crippen LogP contribution in [0.3, 0.4) is 0 Å². The van der Waals surface area contributed by atoms with Crippen LogP contribution in [-0.2, 0) is 7.05 Å². The summed E-state index contributed by atoms with van der Waals surface area (Å²) in [6, 6.07) is 7.33. The summed E-state index contributed by atoms with van der Waals surface area (Å²) >= 11 is 1.08. The smallest absolute Gasteiger partial charge is 0.396 e. The van der Waals surface area contributed by atoms with Crippen LogP contribution in [0.2, 0.25) is 0 Å². The Morgan fingerprint density at radius 3 is 3.00 bits per heavy atom. The molecule has 0 aliphatic heterocycles. The number of aromatic nitrogens is 2. The van der Waals surface area contributed by atoms with Gasteiger partial charge in [0.25, 0.3) is 0 Å². The number of hydrogen-bond acceptors (Lipinski definition) is 5. The lowest BCUT2D eigenvalue weighted by Crippen LogP contribution is -1.96. The van der Waals surface area contributed by atoms with Crippen LogP contribution in [0.1, 0.15) is 0 Å². The highest BCUT2D eigenvalue weighted by Gasteiger charge is 2.12. The molecule has 0 amide bonds. The molecule has 5 nitrogen and oxygen atoms in total. The molecule has 86 valence electrons. The monoisotopic (exact) mass is 247 g/mol. The predicted molar refractivity (Wildman–Crippen MR) is 67.0 cm³/mol. The summed E-state index contributed by atoms with van der Waals surface area (Å²) in [6.07, 6.45) is 0. The second kappa shape index (κ2) is 3.46. The fraction of sp³-hybridized carbons (Fsp3) is 0.0909. The highest BCUT2D eigenvalue weighted by atomic mass is 32.1. The fourth-order valence-electron chi connectivity index (χ4n) is 1.71. The number of para-hydroxylation sites is 1. The first kappa shape index (κ1) is 10.1. The molecule has 0 bridgehead atoms. The van der Waals surface area contributed by atoms with Gasteiger partial charge in [0.2, 0.25) is 0 Å². The standard InChI is InChI=1S/C11H9N3O2S/c1-14-9(12)5-7(13-14)6-3-2-4-8-10(6)16-11(15)17-8/h2-5H,12H2,1H3. The van der Waals surface area contributed by atoms with E-state index in [1.54, 1.807) is 17.8 Å². The number of nitrogens with two attached hydrogens (primary N) is 1. The molecule has 1 aromatic carbocycles. The Morgan fingerprint density at radius 2 is 2.29 bits per heavy atom. The Bertz CT molecular complexity index is 734. The largest absolute Gasteiger partial charge is 0.413 e. The van der Waals surface area contributed by atoms with Crippen molar-refractivity contribution in [3.05, 3.63) is 34.0 Å². The number of aryl methyl sites for hydroxylation is 1. The first-order chi connectivity index (χ1) is 8.15. The SMILES string of the molecule is Cn1nc(-c2cccc3sc(=O)oc23)cc1N. The number of nitrogen functional groups attached to an aromatic ring is 1. The van der Waals surface area contributed by atoms with Crippen LogP contribution < -0.4 is 10.7 Å². The van der Waals surface area contributed by atoms with E-state index in [0.29, 0.717) is 17.1 Å². The van der Waals surface area contributed by atoms with Crippen molar-refractivity contribution >= 4 is 27.4 Å². The van der Waals surface area contributed by atoms with E-state index in [1.807, 2.05) is 18.2 Å². The fourth-order valence-corrected chi connectivity index (χ4v) is 2.41. The van der Waals surface area contributed by atoms with E-state index in [-0.39, 0.29) is 4.94 Å². The minimum Gasteiger partial charge on any atom is -0.413 e. The van der Waals surface area contributed by atoms with E-state index in [9.17, 15) is 4.79 Å². The molecular formula is C11H9N3O2S. The van der Waals surface area contributed by atoms with Crippen molar-refractivity contribution in [1.82, 2.24) is 9.78 Å². The van der Waals surface area contributed by atoms with Crippen LogP contribution >= 0.6 is 11.3 Å². The maximum Gasteiger partial charge on any atom is 0.396 e. The molecule has 0 saturated carbocycles. The summed E-state index contributed by atoms with van der Waals surface area (Å²) in [7, 11) is 1.77. The van der Waals surface area contributed by atoms with Crippen LogP contribution in [0.15, 0.2) is 33.5 Å². The van der Waals surface area contributed by atoms with Gasteiger partial charge in [-0.15, -0.1) is 0 Å². The summed E-state index contributed by atoms with van der Waals surface area (Å²) in [5.41, 5.74) is 7.80. The lowest BCUT2D eigenvalue weighted by molar-refractivity contribution is 0.586. The second-order valence-electron chi connectivity index (χ2n) is 3.67. The molecule has 17 heavy (non-hydrogen) atoms. The van der Waals surface area contributed by atoms with Crippen LogP contribution in [0.4, 0.5) is 5.82 Å². The Morgan fingerprint density at radius 1 is 1.47 bits per heavy atom. The van der Waals surface area contributed by atoms with Gasteiger partial charge < -0.3 is 10.2 Å². The molecule has 0 saturated heterocycles. The molecule has 6 heteroatoms. The first-order valence-electron chi connectivity index (χ1n) is 4.98. The quantitative estimate of drug-likeness (QED) is 0.712. The number of benzene rings is 1. The third-order valence-electron chi connectivity index (χ3n) is 2.55. The first-order valence-corrected chi connectivity index (χ1v) is 5.79. The van der Waals surface area contributed by atoms with Gasteiger partial charge in [-0.3, -0.25) is 4.68 Å². The maximum absolute atomic E-state index is 11.2. The molecule has 2 aromatic heterocycles. The summed E-state index contributed by atoms with van der Waals surface area (Å²) < 4.78 is 7.57. The predicted octanol–water partition coefficient (Wildman–Crippen LogP) is 1.84.